The first-order valence-corrected chi connectivity index (χ1v) is 5.82. The standard InChI is InChI=1S/C14H9N3O3/c18-14(19)11-3-1-9(2-4-11)12-16-13(20-17-12)10-5-7-15-8-6-10/h1-8H,(H,18,19). The lowest BCUT2D eigenvalue weighted by molar-refractivity contribution is 0.0697. The predicted molar refractivity (Wildman–Crippen MR) is 69.9 cm³/mol. The molecule has 0 spiro atoms. The molecule has 98 valence electrons. The number of pyridine rings is 1. The third-order valence-electron chi connectivity index (χ3n) is 2.74. The third-order valence-corrected chi connectivity index (χ3v) is 2.74. The fraction of sp³-hybridized carbons (Fsp3) is 0. The Morgan fingerprint density at radius 3 is 2.35 bits per heavy atom. The van der Waals surface area contributed by atoms with Crippen LogP contribution in [0.4, 0.5) is 0 Å². The molecule has 0 aliphatic rings. The SMILES string of the molecule is O=C(O)c1ccc(-c2noc(-c3ccncc3)n2)cc1. The number of carbonyl (C=O) groups is 1. The second kappa shape index (κ2) is 4.93. The average molecular weight is 267 g/mol. The number of nitrogens with zero attached hydrogens (tertiary/aromatic N) is 3. The normalized spacial score (nSPS) is 10.4. The van der Waals surface area contributed by atoms with Crippen LogP contribution in [0.25, 0.3) is 22.8 Å². The molecule has 6 heteroatoms. The zero-order chi connectivity index (χ0) is 13.9. The second-order valence-electron chi connectivity index (χ2n) is 4.04. The Kier molecular flexibility index (Phi) is 2.96. The molecule has 20 heavy (non-hydrogen) atoms. The van der Waals surface area contributed by atoms with Gasteiger partial charge in [0.05, 0.1) is 5.56 Å². The van der Waals surface area contributed by atoms with Crippen LogP contribution in [0.5, 0.6) is 0 Å². The van der Waals surface area contributed by atoms with Crippen LogP contribution < -0.4 is 0 Å². The van der Waals surface area contributed by atoms with E-state index < -0.39 is 5.97 Å². The van der Waals surface area contributed by atoms with E-state index in [-0.39, 0.29) is 5.56 Å². The molecule has 3 aromatic rings. The highest BCUT2D eigenvalue weighted by molar-refractivity contribution is 5.88. The summed E-state index contributed by atoms with van der Waals surface area (Å²) in [5.41, 5.74) is 1.69. The van der Waals surface area contributed by atoms with Gasteiger partial charge in [-0.2, -0.15) is 4.98 Å². The summed E-state index contributed by atoms with van der Waals surface area (Å²) in [7, 11) is 0. The summed E-state index contributed by atoms with van der Waals surface area (Å²) in [6.45, 7) is 0. The summed E-state index contributed by atoms with van der Waals surface area (Å²) in [5.74, 6) is -0.166. The number of aromatic nitrogens is 3. The van der Waals surface area contributed by atoms with E-state index in [0.29, 0.717) is 17.3 Å². The smallest absolute Gasteiger partial charge is 0.335 e. The fourth-order valence-corrected chi connectivity index (χ4v) is 1.71. The van der Waals surface area contributed by atoms with Gasteiger partial charge >= 0.3 is 5.97 Å². The van der Waals surface area contributed by atoms with Crippen molar-refractivity contribution in [3.05, 3.63) is 54.4 Å². The van der Waals surface area contributed by atoms with Crippen molar-refractivity contribution in [1.29, 1.82) is 0 Å². The molecule has 1 N–H and O–H groups in total. The molecule has 0 radical (unpaired) electrons. The van der Waals surface area contributed by atoms with Gasteiger partial charge in [-0.3, -0.25) is 4.98 Å². The maximum absolute atomic E-state index is 10.8. The number of carboxylic acids is 1. The van der Waals surface area contributed by atoms with Gasteiger partial charge in [-0.25, -0.2) is 4.79 Å². The number of hydrogen-bond donors (Lipinski definition) is 1. The van der Waals surface area contributed by atoms with Crippen LogP contribution >= 0.6 is 0 Å². The summed E-state index contributed by atoms with van der Waals surface area (Å²) in [6, 6.07) is 9.82. The molecule has 0 saturated carbocycles. The predicted octanol–water partition coefficient (Wildman–Crippen LogP) is 2.50. The second-order valence-corrected chi connectivity index (χ2v) is 4.04. The maximum Gasteiger partial charge on any atom is 0.335 e. The van der Waals surface area contributed by atoms with Gasteiger partial charge in [-0.05, 0) is 24.3 Å². The van der Waals surface area contributed by atoms with Gasteiger partial charge in [-0.15, -0.1) is 0 Å². The molecule has 6 nitrogen and oxygen atoms in total. The van der Waals surface area contributed by atoms with E-state index in [4.69, 9.17) is 9.63 Å². The summed E-state index contributed by atoms with van der Waals surface area (Å²) < 4.78 is 5.18. The Morgan fingerprint density at radius 2 is 1.70 bits per heavy atom. The number of carboxylic acid groups (broad SMARTS) is 1. The summed E-state index contributed by atoms with van der Waals surface area (Å²) in [5, 5.41) is 12.7. The van der Waals surface area contributed by atoms with Crippen LogP contribution in [-0.4, -0.2) is 26.2 Å². The van der Waals surface area contributed by atoms with Crippen molar-refractivity contribution < 1.29 is 14.4 Å². The highest BCUT2D eigenvalue weighted by Crippen LogP contribution is 2.21. The van der Waals surface area contributed by atoms with E-state index in [1.54, 1.807) is 36.7 Å². The topological polar surface area (TPSA) is 89.1 Å². The number of benzene rings is 1. The third kappa shape index (κ3) is 2.26. The van der Waals surface area contributed by atoms with E-state index in [0.717, 1.165) is 5.56 Å². The Bertz CT molecular complexity index is 736. The van der Waals surface area contributed by atoms with Crippen molar-refractivity contribution in [3.8, 4) is 22.8 Å². The molecule has 1 aromatic carbocycles. The van der Waals surface area contributed by atoms with Gasteiger partial charge in [0.2, 0.25) is 5.82 Å². The molecule has 3 rings (SSSR count). The minimum Gasteiger partial charge on any atom is -0.478 e. The summed E-state index contributed by atoms with van der Waals surface area (Å²) in [6.07, 6.45) is 3.28. The lowest BCUT2D eigenvalue weighted by atomic mass is 10.1. The maximum atomic E-state index is 10.8. The molecule has 0 aliphatic heterocycles. The van der Waals surface area contributed by atoms with Crippen molar-refractivity contribution >= 4 is 5.97 Å². The van der Waals surface area contributed by atoms with Gasteiger partial charge in [0, 0.05) is 23.5 Å². The molecule has 2 heterocycles. The first-order chi connectivity index (χ1) is 9.74. The zero-order valence-electron chi connectivity index (χ0n) is 10.2. The number of rotatable bonds is 3. The van der Waals surface area contributed by atoms with Crippen LogP contribution in [0.1, 0.15) is 10.4 Å². The van der Waals surface area contributed by atoms with E-state index in [1.165, 1.54) is 12.1 Å². The van der Waals surface area contributed by atoms with Crippen molar-refractivity contribution in [1.82, 2.24) is 15.1 Å². The molecule has 0 atom stereocenters. The van der Waals surface area contributed by atoms with Crippen LogP contribution in [0.15, 0.2) is 53.3 Å². The Hall–Kier alpha value is -3.02. The molecular weight excluding hydrogens is 258 g/mol. The van der Waals surface area contributed by atoms with Crippen molar-refractivity contribution in [3.63, 3.8) is 0 Å². The largest absolute Gasteiger partial charge is 0.478 e. The number of hydrogen-bond acceptors (Lipinski definition) is 5. The molecule has 0 bridgehead atoms. The molecule has 0 unspecified atom stereocenters. The Labute approximate surface area is 113 Å². The number of aromatic carboxylic acids is 1. The summed E-state index contributed by atoms with van der Waals surface area (Å²) in [4.78, 5) is 19.0. The van der Waals surface area contributed by atoms with Crippen molar-refractivity contribution in [2.45, 2.75) is 0 Å². The highest BCUT2D eigenvalue weighted by atomic mass is 16.5. The van der Waals surface area contributed by atoms with Crippen LogP contribution in [0.2, 0.25) is 0 Å². The lowest BCUT2D eigenvalue weighted by Crippen LogP contribution is -1.95. The first kappa shape index (κ1) is 12.0. The zero-order valence-corrected chi connectivity index (χ0v) is 10.2. The highest BCUT2D eigenvalue weighted by Gasteiger charge is 2.11. The van der Waals surface area contributed by atoms with Gasteiger partial charge in [0.1, 0.15) is 0 Å². The molecule has 2 aromatic heterocycles. The van der Waals surface area contributed by atoms with Crippen LogP contribution in [-0.2, 0) is 0 Å². The van der Waals surface area contributed by atoms with E-state index in [1.807, 2.05) is 0 Å². The molecule has 0 aliphatic carbocycles. The van der Waals surface area contributed by atoms with Gasteiger partial charge < -0.3 is 9.63 Å². The fourth-order valence-electron chi connectivity index (χ4n) is 1.71. The van der Waals surface area contributed by atoms with E-state index in [9.17, 15) is 4.79 Å². The quantitative estimate of drug-likeness (QED) is 0.784. The van der Waals surface area contributed by atoms with Gasteiger partial charge in [-0.1, -0.05) is 17.3 Å². The monoisotopic (exact) mass is 267 g/mol. The van der Waals surface area contributed by atoms with E-state index >= 15 is 0 Å². The van der Waals surface area contributed by atoms with Gasteiger partial charge in [0.25, 0.3) is 5.89 Å². The van der Waals surface area contributed by atoms with Crippen LogP contribution in [0, 0.1) is 0 Å². The Morgan fingerprint density at radius 1 is 1.00 bits per heavy atom. The molecular formula is C14H9N3O3. The summed E-state index contributed by atoms with van der Waals surface area (Å²) >= 11 is 0. The Balaban J connectivity index is 1.92. The molecule has 0 fully saturated rings. The molecule has 0 saturated heterocycles. The van der Waals surface area contributed by atoms with Gasteiger partial charge in [0.15, 0.2) is 0 Å². The van der Waals surface area contributed by atoms with Crippen molar-refractivity contribution in [2.75, 3.05) is 0 Å². The minimum atomic E-state index is -0.970. The minimum absolute atomic E-state index is 0.214. The van der Waals surface area contributed by atoms with E-state index in [2.05, 4.69) is 15.1 Å². The molecule has 0 amide bonds. The average Bonchev–Trinajstić information content (AvgIpc) is 2.98. The van der Waals surface area contributed by atoms with Crippen molar-refractivity contribution in [2.24, 2.45) is 0 Å². The lowest BCUT2D eigenvalue weighted by Gasteiger charge is -1.95. The van der Waals surface area contributed by atoms with Crippen LogP contribution in [0.3, 0.4) is 0 Å². The first-order valence-electron chi connectivity index (χ1n) is 5.82.